The van der Waals surface area contributed by atoms with Crippen molar-refractivity contribution in [1.29, 1.82) is 0 Å². The standard InChI is InChI=1S/C13H19BrN2O4S/c1-19-13-10-11(2-3-12(13)14)21(17,18)15-4-5-16-6-8-20-9-7-16/h2-3,10,15H,4-9H2,1H3. The maximum atomic E-state index is 12.2. The van der Waals surface area contributed by atoms with E-state index in [1.165, 1.54) is 13.2 Å². The monoisotopic (exact) mass is 378 g/mol. The summed E-state index contributed by atoms with van der Waals surface area (Å²) in [5.74, 6) is 0.492. The summed E-state index contributed by atoms with van der Waals surface area (Å²) in [6, 6.07) is 4.71. The Hall–Kier alpha value is -0.670. The molecular formula is C13H19BrN2O4S. The number of rotatable bonds is 6. The number of methoxy groups -OCH3 is 1. The lowest BCUT2D eigenvalue weighted by molar-refractivity contribution is 0.0390. The molecule has 1 aromatic carbocycles. The van der Waals surface area contributed by atoms with Gasteiger partial charge in [-0.05, 0) is 28.1 Å². The van der Waals surface area contributed by atoms with Crippen LogP contribution in [0.25, 0.3) is 0 Å². The number of halogens is 1. The van der Waals surface area contributed by atoms with Gasteiger partial charge in [0, 0.05) is 32.2 Å². The Morgan fingerprint density at radius 3 is 2.76 bits per heavy atom. The van der Waals surface area contributed by atoms with Crippen LogP contribution < -0.4 is 9.46 Å². The fourth-order valence-electron chi connectivity index (χ4n) is 2.05. The van der Waals surface area contributed by atoms with Crippen molar-refractivity contribution in [2.75, 3.05) is 46.5 Å². The van der Waals surface area contributed by atoms with Crippen molar-refractivity contribution in [2.45, 2.75) is 4.90 Å². The van der Waals surface area contributed by atoms with Gasteiger partial charge < -0.3 is 9.47 Å². The Balaban J connectivity index is 1.94. The van der Waals surface area contributed by atoms with Gasteiger partial charge in [-0.25, -0.2) is 13.1 Å². The van der Waals surface area contributed by atoms with Crippen molar-refractivity contribution in [1.82, 2.24) is 9.62 Å². The Morgan fingerprint density at radius 2 is 2.10 bits per heavy atom. The summed E-state index contributed by atoms with van der Waals surface area (Å²) in [5, 5.41) is 0. The summed E-state index contributed by atoms with van der Waals surface area (Å²) in [5.41, 5.74) is 0. The summed E-state index contributed by atoms with van der Waals surface area (Å²) in [7, 11) is -2.02. The highest BCUT2D eigenvalue weighted by Crippen LogP contribution is 2.27. The molecule has 0 bridgehead atoms. The van der Waals surface area contributed by atoms with Crippen LogP contribution in [0, 0.1) is 0 Å². The predicted octanol–water partition coefficient (Wildman–Crippen LogP) is 1.07. The van der Waals surface area contributed by atoms with E-state index in [9.17, 15) is 8.42 Å². The Morgan fingerprint density at radius 1 is 1.38 bits per heavy atom. The van der Waals surface area contributed by atoms with Crippen LogP contribution in [0.15, 0.2) is 27.6 Å². The van der Waals surface area contributed by atoms with Crippen molar-refractivity contribution in [3.8, 4) is 5.75 Å². The normalized spacial score (nSPS) is 16.9. The highest BCUT2D eigenvalue weighted by Gasteiger charge is 2.17. The van der Waals surface area contributed by atoms with E-state index < -0.39 is 10.0 Å². The quantitative estimate of drug-likeness (QED) is 0.801. The molecule has 0 atom stereocenters. The van der Waals surface area contributed by atoms with Crippen LogP contribution in [0.3, 0.4) is 0 Å². The van der Waals surface area contributed by atoms with Crippen LogP contribution in [-0.2, 0) is 14.8 Å². The van der Waals surface area contributed by atoms with Gasteiger partial charge >= 0.3 is 0 Å². The minimum atomic E-state index is -3.52. The highest BCUT2D eigenvalue weighted by atomic mass is 79.9. The van der Waals surface area contributed by atoms with Crippen LogP contribution in [-0.4, -0.2) is 59.8 Å². The number of hydrogen-bond acceptors (Lipinski definition) is 5. The SMILES string of the molecule is COc1cc(S(=O)(=O)NCCN2CCOCC2)ccc1Br. The van der Waals surface area contributed by atoms with Crippen LogP contribution in [0.1, 0.15) is 0 Å². The van der Waals surface area contributed by atoms with E-state index in [4.69, 9.17) is 9.47 Å². The average Bonchev–Trinajstić information content (AvgIpc) is 2.48. The maximum Gasteiger partial charge on any atom is 0.240 e. The van der Waals surface area contributed by atoms with Gasteiger partial charge in [-0.3, -0.25) is 4.90 Å². The molecule has 2 rings (SSSR count). The molecule has 8 heteroatoms. The first kappa shape index (κ1) is 16.7. The smallest absolute Gasteiger partial charge is 0.240 e. The summed E-state index contributed by atoms with van der Waals surface area (Å²) in [4.78, 5) is 2.37. The van der Waals surface area contributed by atoms with E-state index in [1.54, 1.807) is 12.1 Å². The second kappa shape index (κ2) is 7.55. The van der Waals surface area contributed by atoms with Crippen LogP contribution in [0.4, 0.5) is 0 Å². The molecule has 1 aliphatic rings. The molecule has 0 amide bonds. The zero-order chi connectivity index (χ0) is 15.3. The zero-order valence-corrected chi connectivity index (χ0v) is 14.2. The van der Waals surface area contributed by atoms with Crippen molar-refractivity contribution < 1.29 is 17.9 Å². The molecule has 1 aliphatic heterocycles. The van der Waals surface area contributed by atoms with Gasteiger partial charge in [0.05, 0.1) is 29.7 Å². The van der Waals surface area contributed by atoms with Gasteiger partial charge in [-0.2, -0.15) is 0 Å². The molecule has 1 fully saturated rings. The van der Waals surface area contributed by atoms with E-state index in [0.29, 0.717) is 32.1 Å². The third-order valence-electron chi connectivity index (χ3n) is 3.26. The number of benzene rings is 1. The topological polar surface area (TPSA) is 67.9 Å². The van der Waals surface area contributed by atoms with Crippen molar-refractivity contribution in [3.63, 3.8) is 0 Å². The fraction of sp³-hybridized carbons (Fsp3) is 0.538. The molecule has 0 radical (unpaired) electrons. The lowest BCUT2D eigenvalue weighted by Gasteiger charge is -2.26. The minimum absolute atomic E-state index is 0.199. The number of morpholine rings is 1. The van der Waals surface area contributed by atoms with Gasteiger partial charge in [0.2, 0.25) is 10.0 Å². The number of ether oxygens (including phenoxy) is 2. The molecule has 1 N–H and O–H groups in total. The molecule has 1 saturated heterocycles. The Kier molecular flexibility index (Phi) is 6.00. The van der Waals surface area contributed by atoms with E-state index >= 15 is 0 Å². The first-order valence-electron chi connectivity index (χ1n) is 6.66. The van der Waals surface area contributed by atoms with E-state index in [0.717, 1.165) is 17.6 Å². The van der Waals surface area contributed by atoms with Crippen molar-refractivity contribution in [3.05, 3.63) is 22.7 Å². The van der Waals surface area contributed by atoms with Crippen LogP contribution in [0.5, 0.6) is 5.75 Å². The van der Waals surface area contributed by atoms with Gasteiger partial charge in [-0.1, -0.05) is 0 Å². The molecule has 0 unspecified atom stereocenters. The average molecular weight is 379 g/mol. The fourth-order valence-corrected chi connectivity index (χ4v) is 3.50. The summed E-state index contributed by atoms with van der Waals surface area (Å²) < 4.78 is 38.2. The molecule has 118 valence electrons. The van der Waals surface area contributed by atoms with Crippen LogP contribution >= 0.6 is 15.9 Å². The van der Waals surface area contributed by atoms with E-state index in [-0.39, 0.29) is 4.90 Å². The number of nitrogens with zero attached hydrogens (tertiary/aromatic N) is 1. The second-order valence-electron chi connectivity index (χ2n) is 4.65. The lowest BCUT2D eigenvalue weighted by atomic mass is 10.3. The molecule has 0 spiro atoms. The molecule has 0 aliphatic carbocycles. The predicted molar refractivity (Wildman–Crippen MR) is 83.1 cm³/mol. The Bertz CT molecular complexity index is 574. The third kappa shape index (κ3) is 4.65. The number of sulfonamides is 1. The third-order valence-corrected chi connectivity index (χ3v) is 5.37. The van der Waals surface area contributed by atoms with Gasteiger partial charge in [0.15, 0.2) is 0 Å². The largest absolute Gasteiger partial charge is 0.496 e. The highest BCUT2D eigenvalue weighted by molar-refractivity contribution is 9.10. The van der Waals surface area contributed by atoms with Gasteiger partial charge in [0.1, 0.15) is 5.75 Å². The molecular weight excluding hydrogens is 360 g/mol. The van der Waals surface area contributed by atoms with Crippen molar-refractivity contribution >= 4 is 26.0 Å². The summed E-state index contributed by atoms with van der Waals surface area (Å²) in [6.45, 7) is 4.14. The van der Waals surface area contributed by atoms with Gasteiger partial charge in [-0.15, -0.1) is 0 Å². The molecule has 1 heterocycles. The van der Waals surface area contributed by atoms with Crippen LogP contribution in [0.2, 0.25) is 0 Å². The van der Waals surface area contributed by atoms with Crippen molar-refractivity contribution in [2.24, 2.45) is 0 Å². The molecule has 0 aromatic heterocycles. The second-order valence-corrected chi connectivity index (χ2v) is 7.27. The number of nitrogens with one attached hydrogen (secondary N) is 1. The lowest BCUT2D eigenvalue weighted by Crippen LogP contribution is -2.41. The first-order valence-corrected chi connectivity index (χ1v) is 8.94. The summed E-state index contributed by atoms with van der Waals surface area (Å²) in [6.07, 6.45) is 0. The maximum absolute atomic E-state index is 12.2. The Labute approximate surface area is 133 Å². The number of hydrogen-bond donors (Lipinski definition) is 1. The molecule has 6 nitrogen and oxygen atoms in total. The summed E-state index contributed by atoms with van der Waals surface area (Å²) >= 11 is 3.30. The first-order chi connectivity index (χ1) is 10.0. The minimum Gasteiger partial charge on any atom is -0.496 e. The molecule has 1 aromatic rings. The molecule has 0 saturated carbocycles. The van der Waals surface area contributed by atoms with Gasteiger partial charge in [0.25, 0.3) is 0 Å². The zero-order valence-electron chi connectivity index (χ0n) is 11.8. The van der Waals surface area contributed by atoms with E-state index in [1.807, 2.05) is 0 Å². The molecule has 21 heavy (non-hydrogen) atoms. The van der Waals surface area contributed by atoms with E-state index in [2.05, 4.69) is 25.6 Å².